The molecule has 0 atom stereocenters. The van der Waals surface area contributed by atoms with Crippen LogP contribution in [0.5, 0.6) is 0 Å². The van der Waals surface area contributed by atoms with E-state index in [0.29, 0.717) is 22.7 Å². The molecular weight excluding hydrogens is 274 g/mol. The average Bonchev–Trinajstić information content (AvgIpc) is 2.40. The van der Waals surface area contributed by atoms with Crippen molar-refractivity contribution in [3.63, 3.8) is 0 Å². The van der Waals surface area contributed by atoms with E-state index in [1.54, 1.807) is 6.20 Å². The maximum absolute atomic E-state index is 5.93. The molecule has 2 rings (SSSR count). The van der Waals surface area contributed by atoms with Gasteiger partial charge in [-0.2, -0.15) is 10.1 Å². The fourth-order valence-corrected chi connectivity index (χ4v) is 1.86. The SMILES string of the molecule is Cc1cc(Cl)ccc1Nc1nncc(NCC(C)C)n1. The number of benzene rings is 1. The molecule has 1 heterocycles. The van der Waals surface area contributed by atoms with Crippen LogP contribution >= 0.6 is 11.6 Å². The minimum atomic E-state index is 0.462. The van der Waals surface area contributed by atoms with Gasteiger partial charge in [-0.1, -0.05) is 25.4 Å². The maximum Gasteiger partial charge on any atom is 0.249 e. The molecule has 0 spiro atoms. The third-order valence-corrected chi connectivity index (χ3v) is 2.92. The molecule has 0 radical (unpaired) electrons. The summed E-state index contributed by atoms with van der Waals surface area (Å²) in [5.74, 6) is 1.71. The number of nitrogens with zero attached hydrogens (tertiary/aromatic N) is 3. The molecule has 0 aliphatic rings. The Morgan fingerprint density at radius 3 is 2.80 bits per heavy atom. The van der Waals surface area contributed by atoms with Gasteiger partial charge >= 0.3 is 0 Å². The third kappa shape index (κ3) is 4.06. The number of nitrogens with one attached hydrogen (secondary N) is 2. The van der Waals surface area contributed by atoms with Crippen LogP contribution in [0.1, 0.15) is 19.4 Å². The van der Waals surface area contributed by atoms with E-state index in [9.17, 15) is 0 Å². The zero-order valence-corrected chi connectivity index (χ0v) is 12.6. The van der Waals surface area contributed by atoms with Crippen molar-refractivity contribution in [1.82, 2.24) is 15.2 Å². The van der Waals surface area contributed by atoms with E-state index in [1.807, 2.05) is 25.1 Å². The molecular formula is C14H18ClN5. The second kappa shape index (κ2) is 6.52. The van der Waals surface area contributed by atoms with Crippen molar-refractivity contribution in [3.8, 4) is 0 Å². The van der Waals surface area contributed by atoms with E-state index in [1.165, 1.54) is 0 Å². The van der Waals surface area contributed by atoms with Gasteiger partial charge in [0.2, 0.25) is 5.95 Å². The molecule has 1 aromatic carbocycles. The number of aromatic nitrogens is 3. The highest BCUT2D eigenvalue weighted by atomic mass is 35.5. The van der Waals surface area contributed by atoms with Gasteiger partial charge in [0.05, 0.1) is 6.20 Å². The monoisotopic (exact) mass is 291 g/mol. The van der Waals surface area contributed by atoms with Crippen molar-refractivity contribution in [2.24, 2.45) is 5.92 Å². The molecule has 0 saturated carbocycles. The Morgan fingerprint density at radius 2 is 2.10 bits per heavy atom. The van der Waals surface area contributed by atoms with Crippen LogP contribution < -0.4 is 10.6 Å². The lowest BCUT2D eigenvalue weighted by Crippen LogP contribution is -2.11. The number of rotatable bonds is 5. The molecule has 0 unspecified atom stereocenters. The Labute approximate surface area is 123 Å². The summed E-state index contributed by atoms with van der Waals surface area (Å²) >= 11 is 5.93. The predicted octanol–water partition coefficient (Wildman–Crippen LogP) is 3.64. The lowest BCUT2D eigenvalue weighted by atomic mass is 10.2. The lowest BCUT2D eigenvalue weighted by Gasteiger charge is -2.10. The van der Waals surface area contributed by atoms with Crippen molar-refractivity contribution in [3.05, 3.63) is 35.0 Å². The predicted molar refractivity (Wildman–Crippen MR) is 82.6 cm³/mol. The average molecular weight is 292 g/mol. The van der Waals surface area contributed by atoms with Gasteiger partial charge in [0.25, 0.3) is 0 Å². The van der Waals surface area contributed by atoms with Crippen molar-refractivity contribution in [1.29, 1.82) is 0 Å². The number of hydrogen-bond donors (Lipinski definition) is 2. The fourth-order valence-electron chi connectivity index (χ4n) is 1.64. The molecule has 0 bridgehead atoms. The van der Waals surface area contributed by atoms with Crippen LogP contribution in [0.15, 0.2) is 24.4 Å². The molecule has 6 heteroatoms. The molecule has 20 heavy (non-hydrogen) atoms. The van der Waals surface area contributed by atoms with E-state index < -0.39 is 0 Å². The van der Waals surface area contributed by atoms with Crippen LogP contribution in [0.25, 0.3) is 0 Å². The maximum atomic E-state index is 5.93. The van der Waals surface area contributed by atoms with Crippen LogP contribution in [0, 0.1) is 12.8 Å². The highest BCUT2D eigenvalue weighted by Gasteiger charge is 2.04. The lowest BCUT2D eigenvalue weighted by molar-refractivity contribution is 0.686. The standard InChI is InChI=1S/C14H18ClN5/c1-9(2)7-16-13-8-17-20-14(19-13)18-12-5-4-11(15)6-10(12)3/h4-6,8-9H,7H2,1-3H3,(H2,16,18,19,20). The van der Waals surface area contributed by atoms with E-state index >= 15 is 0 Å². The van der Waals surface area contributed by atoms with E-state index in [-0.39, 0.29) is 0 Å². The van der Waals surface area contributed by atoms with Gasteiger partial charge in [-0.3, -0.25) is 0 Å². The number of halogens is 1. The third-order valence-electron chi connectivity index (χ3n) is 2.69. The molecule has 2 N–H and O–H groups in total. The molecule has 5 nitrogen and oxygen atoms in total. The Morgan fingerprint density at radius 1 is 1.30 bits per heavy atom. The number of anilines is 3. The minimum absolute atomic E-state index is 0.462. The van der Waals surface area contributed by atoms with Gasteiger partial charge in [0, 0.05) is 17.3 Å². The molecule has 2 aromatic rings. The van der Waals surface area contributed by atoms with Crippen LogP contribution in [0.4, 0.5) is 17.5 Å². The van der Waals surface area contributed by atoms with Crippen LogP contribution in [-0.4, -0.2) is 21.7 Å². The zero-order valence-electron chi connectivity index (χ0n) is 11.8. The van der Waals surface area contributed by atoms with Gasteiger partial charge < -0.3 is 10.6 Å². The largest absolute Gasteiger partial charge is 0.368 e. The topological polar surface area (TPSA) is 62.7 Å². The van der Waals surface area contributed by atoms with E-state index in [4.69, 9.17) is 11.6 Å². The molecule has 0 aliphatic heterocycles. The summed E-state index contributed by atoms with van der Waals surface area (Å²) in [6.45, 7) is 7.09. The number of aryl methyl sites for hydroxylation is 1. The summed E-state index contributed by atoms with van der Waals surface area (Å²) in [5.41, 5.74) is 1.94. The summed E-state index contributed by atoms with van der Waals surface area (Å²) in [6.07, 6.45) is 1.61. The summed E-state index contributed by atoms with van der Waals surface area (Å²) in [6, 6.07) is 5.61. The second-order valence-electron chi connectivity index (χ2n) is 5.02. The normalized spacial score (nSPS) is 10.7. The Bertz CT molecular complexity index is 586. The number of hydrogen-bond acceptors (Lipinski definition) is 5. The summed E-state index contributed by atoms with van der Waals surface area (Å²) in [5, 5.41) is 15.0. The first kappa shape index (κ1) is 14.5. The fraction of sp³-hybridized carbons (Fsp3) is 0.357. The Hall–Kier alpha value is -1.88. The van der Waals surface area contributed by atoms with Crippen LogP contribution in [0.2, 0.25) is 5.02 Å². The summed E-state index contributed by atoms with van der Waals surface area (Å²) in [7, 11) is 0. The van der Waals surface area contributed by atoms with Crippen molar-refractivity contribution in [2.75, 3.05) is 17.2 Å². The van der Waals surface area contributed by atoms with Gasteiger partial charge in [-0.05, 0) is 36.6 Å². The molecule has 0 amide bonds. The Kier molecular flexibility index (Phi) is 4.74. The minimum Gasteiger partial charge on any atom is -0.368 e. The van der Waals surface area contributed by atoms with Crippen LogP contribution in [0.3, 0.4) is 0 Å². The molecule has 0 fully saturated rings. The van der Waals surface area contributed by atoms with Crippen LogP contribution in [-0.2, 0) is 0 Å². The zero-order chi connectivity index (χ0) is 14.5. The highest BCUT2D eigenvalue weighted by Crippen LogP contribution is 2.22. The van der Waals surface area contributed by atoms with E-state index in [0.717, 1.165) is 17.8 Å². The van der Waals surface area contributed by atoms with Gasteiger partial charge in [0.15, 0.2) is 5.82 Å². The molecule has 1 aromatic heterocycles. The Balaban J connectivity index is 2.11. The first-order valence-electron chi connectivity index (χ1n) is 6.51. The smallest absolute Gasteiger partial charge is 0.249 e. The van der Waals surface area contributed by atoms with Crippen molar-refractivity contribution in [2.45, 2.75) is 20.8 Å². The first-order valence-corrected chi connectivity index (χ1v) is 6.89. The van der Waals surface area contributed by atoms with Crippen molar-refractivity contribution < 1.29 is 0 Å². The molecule has 0 aliphatic carbocycles. The van der Waals surface area contributed by atoms with Crippen molar-refractivity contribution >= 4 is 29.1 Å². The summed E-state index contributed by atoms with van der Waals surface area (Å²) < 4.78 is 0. The molecule has 0 saturated heterocycles. The first-order chi connectivity index (χ1) is 9.54. The second-order valence-corrected chi connectivity index (χ2v) is 5.46. The van der Waals surface area contributed by atoms with E-state index in [2.05, 4.69) is 39.7 Å². The van der Waals surface area contributed by atoms with Gasteiger partial charge in [-0.15, -0.1) is 5.10 Å². The quantitative estimate of drug-likeness (QED) is 0.880. The highest BCUT2D eigenvalue weighted by molar-refractivity contribution is 6.30. The molecule has 106 valence electrons. The summed E-state index contributed by atoms with van der Waals surface area (Å²) in [4.78, 5) is 4.37. The van der Waals surface area contributed by atoms with Gasteiger partial charge in [-0.25, -0.2) is 0 Å². The van der Waals surface area contributed by atoms with Gasteiger partial charge in [0.1, 0.15) is 0 Å².